The predicted octanol–water partition coefficient (Wildman–Crippen LogP) is 3.78. The second-order valence-corrected chi connectivity index (χ2v) is 5.29. The van der Waals surface area contributed by atoms with Gasteiger partial charge in [0.2, 0.25) is 0 Å². The van der Waals surface area contributed by atoms with Crippen LogP contribution in [0.3, 0.4) is 0 Å². The molecular formula is C15H13IO3. The number of Topliss-reactive ketones (excluding diaryl/α,β-unsaturated/α-hetero) is 1. The number of ether oxygens (including phenoxy) is 1. The lowest BCUT2D eigenvalue weighted by molar-refractivity contribution is 0.101. The quantitative estimate of drug-likeness (QED) is 0.660. The van der Waals surface area contributed by atoms with Gasteiger partial charge in [-0.15, -0.1) is 0 Å². The highest BCUT2D eigenvalue weighted by atomic mass is 127. The third kappa shape index (κ3) is 3.47. The van der Waals surface area contributed by atoms with E-state index in [9.17, 15) is 9.90 Å². The van der Waals surface area contributed by atoms with E-state index in [1.807, 2.05) is 52.9 Å². The Bertz CT molecular complexity index is 571. The van der Waals surface area contributed by atoms with E-state index in [1.54, 1.807) is 6.07 Å². The van der Waals surface area contributed by atoms with Gasteiger partial charge in [-0.25, -0.2) is 0 Å². The van der Waals surface area contributed by atoms with Crippen molar-refractivity contribution in [3.05, 3.63) is 57.2 Å². The van der Waals surface area contributed by atoms with Crippen LogP contribution in [0.25, 0.3) is 0 Å². The first-order valence-electron chi connectivity index (χ1n) is 5.78. The molecule has 2 aromatic carbocycles. The van der Waals surface area contributed by atoms with Gasteiger partial charge < -0.3 is 9.84 Å². The average Bonchev–Trinajstić information content (AvgIpc) is 2.36. The van der Waals surface area contributed by atoms with Crippen LogP contribution in [-0.4, -0.2) is 10.9 Å². The number of phenols is 1. The Labute approximate surface area is 125 Å². The molecule has 0 bridgehead atoms. The molecule has 0 spiro atoms. The van der Waals surface area contributed by atoms with Gasteiger partial charge in [0.15, 0.2) is 5.78 Å². The molecule has 0 aliphatic rings. The smallest absolute Gasteiger partial charge is 0.164 e. The molecule has 0 aromatic heterocycles. The molecule has 1 N–H and O–H groups in total. The fourth-order valence-corrected chi connectivity index (χ4v) is 2.70. The molecule has 0 saturated carbocycles. The minimum absolute atomic E-state index is 0.0394. The van der Waals surface area contributed by atoms with Crippen LogP contribution in [0, 0.1) is 3.57 Å². The monoisotopic (exact) mass is 368 g/mol. The zero-order chi connectivity index (χ0) is 13.8. The molecule has 0 radical (unpaired) electrons. The molecule has 0 aliphatic carbocycles. The number of carbonyl (C=O) groups excluding carboxylic acids is 1. The first-order valence-corrected chi connectivity index (χ1v) is 6.86. The van der Waals surface area contributed by atoms with Gasteiger partial charge >= 0.3 is 0 Å². The summed E-state index contributed by atoms with van der Waals surface area (Å²) in [4.78, 5) is 11.4. The number of rotatable bonds is 4. The van der Waals surface area contributed by atoms with Crippen LogP contribution in [0.2, 0.25) is 0 Å². The number of benzene rings is 2. The number of phenolic OH excluding ortho intramolecular Hbond substituents is 1. The summed E-state index contributed by atoms with van der Waals surface area (Å²) in [7, 11) is 0. The molecule has 4 heteroatoms. The van der Waals surface area contributed by atoms with Gasteiger partial charge in [0, 0.05) is 9.64 Å². The van der Waals surface area contributed by atoms with Gasteiger partial charge in [0.25, 0.3) is 0 Å². The Hall–Kier alpha value is -1.56. The minimum atomic E-state index is -0.156. The van der Waals surface area contributed by atoms with Crippen molar-refractivity contribution in [3.63, 3.8) is 0 Å². The summed E-state index contributed by atoms with van der Waals surface area (Å²) in [6, 6.07) is 13.0. The van der Waals surface area contributed by atoms with E-state index in [0.29, 0.717) is 21.5 Å². The highest BCUT2D eigenvalue weighted by Crippen LogP contribution is 2.29. The molecule has 0 atom stereocenters. The molecule has 0 aliphatic heterocycles. The van der Waals surface area contributed by atoms with Crippen LogP contribution >= 0.6 is 22.6 Å². The molecule has 0 fully saturated rings. The zero-order valence-electron chi connectivity index (χ0n) is 10.4. The van der Waals surface area contributed by atoms with Crippen molar-refractivity contribution in [3.8, 4) is 11.5 Å². The predicted molar refractivity (Wildman–Crippen MR) is 81.6 cm³/mol. The normalized spacial score (nSPS) is 10.2. The van der Waals surface area contributed by atoms with Crippen LogP contribution < -0.4 is 4.74 Å². The van der Waals surface area contributed by atoms with Crippen LogP contribution in [0.1, 0.15) is 22.8 Å². The minimum Gasteiger partial charge on any atom is -0.507 e. The topological polar surface area (TPSA) is 46.5 Å². The Kier molecular flexibility index (Phi) is 4.42. The summed E-state index contributed by atoms with van der Waals surface area (Å²) in [5, 5.41) is 9.83. The number of hydrogen-bond donors (Lipinski definition) is 1. The zero-order valence-corrected chi connectivity index (χ0v) is 12.5. The fraction of sp³-hybridized carbons (Fsp3) is 0.133. The summed E-state index contributed by atoms with van der Waals surface area (Å²) in [6.07, 6.45) is 0. The molecular weight excluding hydrogens is 355 g/mol. The molecule has 19 heavy (non-hydrogen) atoms. The standard InChI is InChI=1S/C15H13IO3/c1-10(17)15-13(16)7-12(8-14(15)18)19-9-11-5-3-2-4-6-11/h2-8,18H,9H2,1H3. The number of halogens is 1. The molecule has 0 unspecified atom stereocenters. The third-order valence-corrected chi connectivity index (χ3v) is 3.49. The molecule has 2 aromatic rings. The third-order valence-electron chi connectivity index (χ3n) is 2.64. The molecule has 0 saturated heterocycles. The average molecular weight is 368 g/mol. The highest BCUT2D eigenvalue weighted by Gasteiger charge is 2.13. The molecule has 0 heterocycles. The molecule has 2 rings (SSSR count). The van der Waals surface area contributed by atoms with Crippen molar-refractivity contribution in [2.75, 3.05) is 0 Å². The number of ketones is 1. The second-order valence-electron chi connectivity index (χ2n) is 4.13. The number of carbonyl (C=O) groups is 1. The Morgan fingerprint density at radius 1 is 1.26 bits per heavy atom. The lowest BCUT2D eigenvalue weighted by Gasteiger charge is -2.10. The van der Waals surface area contributed by atoms with Gasteiger partial charge in [0.1, 0.15) is 18.1 Å². The Morgan fingerprint density at radius 3 is 2.53 bits per heavy atom. The molecule has 98 valence electrons. The van der Waals surface area contributed by atoms with Gasteiger partial charge in [-0.3, -0.25) is 4.79 Å². The Morgan fingerprint density at radius 2 is 1.95 bits per heavy atom. The second kappa shape index (κ2) is 6.06. The largest absolute Gasteiger partial charge is 0.507 e. The Balaban J connectivity index is 2.16. The maximum atomic E-state index is 11.4. The van der Waals surface area contributed by atoms with E-state index >= 15 is 0 Å². The highest BCUT2D eigenvalue weighted by molar-refractivity contribution is 14.1. The van der Waals surface area contributed by atoms with Gasteiger partial charge in [-0.05, 0) is 41.1 Å². The summed E-state index contributed by atoms with van der Waals surface area (Å²) in [6.45, 7) is 1.86. The van der Waals surface area contributed by atoms with Crippen molar-refractivity contribution in [2.45, 2.75) is 13.5 Å². The summed E-state index contributed by atoms with van der Waals surface area (Å²) in [5.74, 6) is 0.356. The van der Waals surface area contributed by atoms with E-state index < -0.39 is 0 Å². The van der Waals surface area contributed by atoms with E-state index in [2.05, 4.69) is 0 Å². The summed E-state index contributed by atoms with van der Waals surface area (Å²) < 4.78 is 6.30. The van der Waals surface area contributed by atoms with E-state index in [0.717, 1.165) is 5.56 Å². The van der Waals surface area contributed by atoms with Crippen molar-refractivity contribution < 1.29 is 14.6 Å². The van der Waals surface area contributed by atoms with Crippen LogP contribution in [-0.2, 0) is 6.61 Å². The SMILES string of the molecule is CC(=O)c1c(O)cc(OCc2ccccc2)cc1I. The van der Waals surface area contributed by atoms with Crippen molar-refractivity contribution in [1.82, 2.24) is 0 Å². The van der Waals surface area contributed by atoms with Crippen molar-refractivity contribution in [1.29, 1.82) is 0 Å². The van der Waals surface area contributed by atoms with E-state index in [4.69, 9.17) is 4.74 Å². The van der Waals surface area contributed by atoms with E-state index in [-0.39, 0.29) is 11.5 Å². The fourth-order valence-electron chi connectivity index (χ4n) is 1.74. The lowest BCUT2D eigenvalue weighted by atomic mass is 10.1. The number of hydrogen-bond acceptors (Lipinski definition) is 3. The van der Waals surface area contributed by atoms with Crippen LogP contribution in [0.5, 0.6) is 11.5 Å². The van der Waals surface area contributed by atoms with Crippen molar-refractivity contribution in [2.24, 2.45) is 0 Å². The van der Waals surface area contributed by atoms with Crippen molar-refractivity contribution >= 4 is 28.4 Å². The molecule has 3 nitrogen and oxygen atoms in total. The van der Waals surface area contributed by atoms with Gasteiger partial charge in [0.05, 0.1) is 5.56 Å². The molecule has 0 amide bonds. The maximum absolute atomic E-state index is 11.4. The van der Waals surface area contributed by atoms with E-state index in [1.165, 1.54) is 13.0 Å². The van der Waals surface area contributed by atoms with Crippen LogP contribution in [0.4, 0.5) is 0 Å². The number of aromatic hydroxyl groups is 1. The van der Waals surface area contributed by atoms with Gasteiger partial charge in [-0.1, -0.05) is 30.3 Å². The van der Waals surface area contributed by atoms with Gasteiger partial charge in [-0.2, -0.15) is 0 Å². The summed E-state index contributed by atoms with van der Waals surface area (Å²) >= 11 is 2.02. The maximum Gasteiger partial charge on any atom is 0.164 e. The lowest BCUT2D eigenvalue weighted by Crippen LogP contribution is -2.00. The van der Waals surface area contributed by atoms with Crippen LogP contribution in [0.15, 0.2) is 42.5 Å². The first-order chi connectivity index (χ1) is 9.08. The summed E-state index contributed by atoms with van der Waals surface area (Å²) in [5.41, 5.74) is 1.39. The first kappa shape index (κ1) is 13.9.